The van der Waals surface area contributed by atoms with E-state index in [1.807, 2.05) is 74.5 Å². The van der Waals surface area contributed by atoms with E-state index in [-0.39, 0.29) is 11.8 Å². The molecule has 1 aliphatic rings. The molecule has 4 heteroatoms. The van der Waals surface area contributed by atoms with Crippen molar-refractivity contribution in [3.8, 4) is 0 Å². The summed E-state index contributed by atoms with van der Waals surface area (Å²) in [5.74, 6) is -0.329. The van der Waals surface area contributed by atoms with Gasteiger partial charge < -0.3 is 5.32 Å². The summed E-state index contributed by atoms with van der Waals surface area (Å²) >= 11 is 0. The van der Waals surface area contributed by atoms with Crippen LogP contribution in [0.3, 0.4) is 0 Å². The van der Waals surface area contributed by atoms with Crippen molar-refractivity contribution in [1.29, 1.82) is 0 Å². The van der Waals surface area contributed by atoms with Crippen LogP contribution >= 0.6 is 0 Å². The molecule has 1 N–H and O–H groups in total. The summed E-state index contributed by atoms with van der Waals surface area (Å²) in [6.07, 6.45) is 0.505. The van der Waals surface area contributed by atoms with Gasteiger partial charge in [-0.3, -0.25) is 14.5 Å². The van der Waals surface area contributed by atoms with Crippen molar-refractivity contribution in [2.24, 2.45) is 0 Å². The van der Waals surface area contributed by atoms with Crippen molar-refractivity contribution in [2.75, 3.05) is 10.2 Å². The second-order valence-corrected chi connectivity index (χ2v) is 7.15. The summed E-state index contributed by atoms with van der Waals surface area (Å²) in [7, 11) is 0. The summed E-state index contributed by atoms with van der Waals surface area (Å²) in [6, 6.07) is 22.2. The van der Waals surface area contributed by atoms with Crippen molar-refractivity contribution < 1.29 is 9.59 Å². The van der Waals surface area contributed by atoms with E-state index >= 15 is 0 Å². The lowest BCUT2D eigenvalue weighted by atomic mass is 10.1. The first-order valence-electron chi connectivity index (χ1n) is 9.40. The highest BCUT2D eigenvalue weighted by Gasteiger charge is 2.38. The first-order valence-corrected chi connectivity index (χ1v) is 9.40. The van der Waals surface area contributed by atoms with Crippen LogP contribution < -0.4 is 10.2 Å². The molecule has 4 nitrogen and oxygen atoms in total. The molecule has 0 aliphatic carbocycles. The quantitative estimate of drug-likeness (QED) is 0.737. The van der Waals surface area contributed by atoms with E-state index in [2.05, 4.69) is 5.32 Å². The molecule has 0 saturated carbocycles. The number of rotatable bonds is 3. The lowest BCUT2D eigenvalue weighted by Gasteiger charge is -2.25. The first-order chi connectivity index (χ1) is 13.6. The SMILES string of the molecule is Cc1cccc(C)c1NC(=O)[C@@H]1Cc2ccccc2N1C(=O)c1ccccc1. The Labute approximate surface area is 164 Å². The van der Waals surface area contributed by atoms with E-state index in [4.69, 9.17) is 0 Å². The van der Waals surface area contributed by atoms with Gasteiger partial charge in [0.05, 0.1) is 0 Å². The second-order valence-electron chi connectivity index (χ2n) is 7.15. The van der Waals surface area contributed by atoms with E-state index in [0.29, 0.717) is 12.0 Å². The Balaban J connectivity index is 1.69. The number of carbonyl (C=O) groups is 2. The number of nitrogens with zero attached hydrogens (tertiary/aromatic N) is 1. The van der Waals surface area contributed by atoms with Crippen molar-refractivity contribution in [3.05, 3.63) is 95.1 Å². The van der Waals surface area contributed by atoms with Gasteiger partial charge in [0, 0.05) is 23.4 Å². The molecule has 1 aliphatic heterocycles. The minimum absolute atomic E-state index is 0.160. The normalized spacial score (nSPS) is 15.2. The number of nitrogens with one attached hydrogen (secondary N) is 1. The van der Waals surface area contributed by atoms with Crippen LogP contribution in [-0.4, -0.2) is 17.9 Å². The molecule has 0 bridgehead atoms. The highest BCUT2D eigenvalue weighted by atomic mass is 16.2. The topological polar surface area (TPSA) is 49.4 Å². The summed E-state index contributed by atoms with van der Waals surface area (Å²) < 4.78 is 0. The summed E-state index contributed by atoms with van der Waals surface area (Å²) in [4.78, 5) is 28.1. The zero-order valence-electron chi connectivity index (χ0n) is 16.0. The molecule has 3 aromatic carbocycles. The molecule has 1 heterocycles. The number of hydrogen-bond donors (Lipinski definition) is 1. The molecule has 0 aromatic heterocycles. The van der Waals surface area contributed by atoms with Gasteiger partial charge in [-0.15, -0.1) is 0 Å². The average Bonchev–Trinajstić information content (AvgIpc) is 3.10. The Hall–Kier alpha value is -3.40. The molecular formula is C24H22N2O2. The third-order valence-corrected chi connectivity index (χ3v) is 5.25. The van der Waals surface area contributed by atoms with E-state index in [9.17, 15) is 9.59 Å². The minimum Gasteiger partial charge on any atom is -0.324 e. The lowest BCUT2D eigenvalue weighted by Crippen LogP contribution is -2.45. The average molecular weight is 370 g/mol. The molecule has 140 valence electrons. The second kappa shape index (κ2) is 7.31. The maximum atomic E-state index is 13.3. The Morgan fingerprint density at radius 2 is 1.50 bits per heavy atom. The van der Waals surface area contributed by atoms with Crippen molar-refractivity contribution in [3.63, 3.8) is 0 Å². The van der Waals surface area contributed by atoms with Gasteiger partial charge in [-0.05, 0) is 48.7 Å². The van der Waals surface area contributed by atoms with Gasteiger partial charge in [0.15, 0.2) is 0 Å². The Morgan fingerprint density at radius 3 is 2.21 bits per heavy atom. The molecule has 3 aromatic rings. The van der Waals surface area contributed by atoms with Gasteiger partial charge >= 0.3 is 0 Å². The van der Waals surface area contributed by atoms with Crippen molar-refractivity contribution in [1.82, 2.24) is 0 Å². The largest absolute Gasteiger partial charge is 0.324 e. The van der Waals surface area contributed by atoms with Crippen LogP contribution in [0.4, 0.5) is 11.4 Å². The molecule has 0 radical (unpaired) electrons. The fourth-order valence-corrected chi connectivity index (χ4v) is 3.78. The summed E-state index contributed by atoms with van der Waals surface area (Å²) in [5.41, 5.74) is 5.21. The van der Waals surface area contributed by atoms with Crippen molar-refractivity contribution >= 4 is 23.2 Å². The van der Waals surface area contributed by atoms with Gasteiger partial charge in [-0.2, -0.15) is 0 Å². The minimum atomic E-state index is -0.580. The number of carbonyl (C=O) groups excluding carboxylic acids is 2. The number of amides is 2. The van der Waals surface area contributed by atoms with Crippen LogP contribution in [0.25, 0.3) is 0 Å². The smallest absolute Gasteiger partial charge is 0.259 e. The van der Waals surface area contributed by atoms with Crippen LogP contribution in [0.5, 0.6) is 0 Å². The van der Waals surface area contributed by atoms with E-state index in [0.717, 1.165) is 28.1 Å². The fourth-order valence-electron chi connectivity index (χ4n) is 3.78. The van der Waals surface area contributed by atoms with Crippen LogP contribution in [0.2, 0.25) is 0 Å². The van der Waals surface area contributed by atoms with Gasteiger partial charge in [-0.25, -0.2) is 0 Å². The monoisotopic (exact) mass is 370 g/mol. The van der Waals surface area contributed by atoms with Crippen molar-refractivity contribution in [2.45, 2.75) is 26.3 Å². The van der Waals surface area contributed by atoms with Crippen LogP contribution in [-0.2, 0) is 11.2 Å². The van der Waals surface area contributed by atoms with Crippen LogP contribution in [0, 0.1) is 13.8 Å². The molecule has 0 spiro atoms. The molecule has 0 saturated heterocycles. The zero-order chi connectivity index (χ0) is 19.7. The maximum Gasteiger partial charge on any atom is 0.259 e. The Kier molecular flexibility index (Phi) is 4.70. The Morgan fingerprint density at radius 1 is 0.857 bits per heavy atom. The summed E-state index contributed by atoms with van der Waals surface area (Å²) in [6.45, 7) is 3.94. The van der Waals surface area contributed by atoms with Gasteiger partial charge in [0.25, 0.3) is 5.91 Å². The van der Waals surface area contributed by atoms with Gasteiger partial charge in [-0.1, -0.05) is 54.6 Å². The predicted octanol–water partition coefficient (Wildman–Crippen LogP) is 4.51. The number of hydrogen-bond acceptors (Lipinski definition) is 2. The maximum absolute atomic E-state index is 13.3. The molecule has 2 amide bonds. The van der Waals surface area contributed by atoms with Crippen LogP contribution in [0.1, 0.15) is 27.0 Å². The van der Waals surface area contributed by atoms with Gasteiger partial charge in [0.2, 0.25) is 5.91 Å². The summed E-state index contributed by atoms with van der Waals surface area (Å²) in [5, 5.41) is 3.06. The number of fused-ring (bicyclic) bond motifs is 1. The molecular weight excluding hydrogens is 348 g/mol. The lowest BCUT2D eigenvalue weighted by molar-refractivity contribution is -0.117. The van der Waals surface area contributed by atoms with Crippen LogP contribution in [0.15, 0.2) is 72.8 Å². The number of para-hydroxylation sites is 2. The molecule has 0 unspecified atom stereocenters. The van der Waals surface area contributed by atoms with E-state index in [1.165, 1.54) is 0 Å². The fraction of sp³-hybridized carbons (Fsp3) is 0.167. The third kappa shape index (κ3) is 3.18. The molecule has 1 atom stereocenters. The zero-order valence-corrected chi connectivity index (χ0v) is 16.0. The molecule has 4 rings (SSSR count). The standard InChI is InChI=1S/C24H22N2O2/c1-16-9-8-10-17(2)22(16)25-23(27)21-15-19-13-6-7-14-20(19)26(21)24(28)18-11-4-3-5-12-18/h3-14,21H,15H2,1-2H3,(H,25,27)/t21-/m0/s1. The van der Waals surface area contributed by atoms with Gasteiger partial charge in [0.1, 0.15) is 6.04 Å². The van der Waals surface area contributed by atoms with E-state index < -0.39 is 6.04 Å². The molecule has 0 fully saturated rings. The first kappa shape index (κ1) is 18.0. The molecule has 28 heavy (non-hydrogen) atoms. The van der Waals surface area contributed by atoms with E-state index in [1.54, 1.807) is 17.0 Å². The predicted molar refractivity (Wildman–Crippen MR) is 112 cm³/mol. The third-order valence-electron chi connectivity index (χ3n) is 5.25. The highest BCUT2D eigenvalue weighted by molar-refractivity contribution is 6.13. The number of benzene rings is 3. The number of aryl methyl sites for hydroxylation is 2. The highest BCUT2D eigenvalue weighted by Crippen LogP contribution is 2.34. The Bertz CT molecular complexity index is 1020. The number of anilines is 2.